The second-order valence-corrected chi connectivity index (χ2v) is 4.63. The summed E-state index contributed by atoms with van der Waals surface area (Å²) in [5.41, 5.74) is 1.76. The van der Waals surface area contributed by atoms with Crippen LogP contribution in [-0.4, -0.2) is 20.0 Å². The second kappa shape index (κ2) is 3.81. The van der Waals surface area contributed by atoms with Gasteiger partial charge in [-0.05, 0) is 24.4 Å². The molecule has 0 spiro atoms. The van der Waals surface area contributed by atoms with Gasteiger partial charge < -0.3 is 4.42 Å². The summed E-state index contributed by atoms with van der Waals surface area (Å²) in [4.78, 5) is 0.975. The van der Waals surface area contributed by atoms with Crippen molar-refractivity contribution in [2.75, 3.05) is 0 Å². The topological polar surface area (TPSA) is 56.7 Å². The number of rotatable bonds is 2. The fraction of sp³-hybridized carbons (Fsp3) is 0.182. The second-order valence-electron chi connectivity index (χ2n) is 3.68. The molecule has 0 bridgehead atoms. The number of hydrogen-bond donors (Lipinski definition) is 0. The van der Waals surface area contributed by atoms with Gasteiger partial charge in [-0.15, -0.1) is 21.5 Å². The average Bonchev–Trinajstić information content (AvgIpc) is 2.97. The Labute approximate surface area is 102 Å². The average molecular weight is 246 g/mol. The third-order valence-electron chi connectivity index (χ3n) is 2.38. The maximum Gasteiger partial charge on any atom is 0.266 e. The van der Waals surface area contributed by atoms with Crippen LogP contribution in [0.5, 0.6) is 0 Å². The highest BCUT2D eigenvalue weighted by molar-refractivity contribution is 7.13. The van der Waals surface area contributed by atoms with Crippen LogP contribution >= 0.6 is 11.3 Å². The molecule has 0 amide bonds. The normalized spacial score (nSPS) is 10.9. The van der Waals surface area contributed by atoms with Gasteiger partial charge in [-0.2, -0.15) is 5.10 Å². The van der Waals surface area contributed by atoms with Gasteiger partial charge >= 0.3 is 0 Å². The highest BCUT2D eigenvalue weighted by Gasteiger charge is 2.14. The minimum Gasteiger partial charge on any atom is -0.414 e. The van der Waals surface area contributed by atoms with Crippen LogP contribution in [0.4, 0.5) is 0 Å². The molecule has 0 N–H and O–H groups in total. The lowest BCUT2D eigenvalue weighted by Gasteiger charge is -1.93. The Balaban J connectivity index is 2.03. The van der Waals surface area contributed by atoms with Gasteiger partial charge in [0.15, 0.2) is 0 Å². The Hall–Kier alpha value is -1.95. The number of hydrogen-bond acceptors (Lipinski definition) is 5. The molecule has 0 unspecified atom stereocenters. The fourth-order valence-electron chi connectivity index (χ4n) is 1.64. The molecule has 0 radical (unpaired) electrons. The highest BCUT2D eigenvalue weighted by Crippen LogP contribution is 2.26. The summed E-state index contributed by atoms with van der Waals surface area (Å²) in [7, 11) is 1.86. The molecule has 0 saturated heterocycles. The number of aromatic nitrogens is 4. The van der Waals surface area contributed by atoms with Gasteiger partial charge in [0.1, 0.15) is 5.69 Å². The molecule has 3 rings (SSSR count). The van der Waals surface area contributed by atoms with E-state index in [4.69, 9.17) is 4.42 Å². The van der Waals surface area contributed by atoms with E-state index in [9.17, 15) is 0 Å². The van der Waals surface area contributed by atoms with Crippen molar-refractivity contribution in [2.45, 2.75) is 6.92 Å². The Bertz CT molecular complexity index is 638. The van der Waals surface area contributed by atoms with Crippen LogP contribution in [0.15, 0.2) is 28.0 Å². The van der Waals surface area contributed by atoms with E-state index in [0.29, 0.717) is 11.8 Å². The highest BCUT2D eigenvalue weighted by atomic mass is 32.1. The lowest BCUT2D eigenvalue weighted by Crippen LogP contribution is -1.93. The largest absolute Gasteiger partial charge is 0.414 e. The van der Waals surface area contributed by atoms with Crippen molar-refractivity contribution >= 4 is 11.3 Å². The van der Waals surface area contributed by atoms with Gasteiger partial charge in [-0.1, -0.05) is 6.07 Å². The molecule has 5 nitrogen and oxygen atoms in total. The molecule has 0 aliphatic rings. The molecule has 0 aliphatic carbocycles. The van der Waals surface area contributed by atoms with Crippen molar-refractivity contribution < 1.29 is 4.42 Å². The Morgan fingerprint density at radius 1 is 1.29 bits per heavy atom. The van der Waals surface area contributed by atoms with Gasteiger partial charge in [-0.25, -0.2) is 0 Å². The van der Waals surface area contributed by atoms with Crippen LogP contribution in [0.25, 0.3) is 22.4 Å². The third kappa shape index (κ3) is 1.76. The third-order valence-corrected chi connectivity index (χ3v) is 3.24. The Kier molecular flexibility index (Phi) is 2.29. The number of nitrogens with zero attached hydrogens (tertiary/aromatic N) is 4. The molecule has 0 aliphatic heterocycles. The molecule has 6 heteroatoms. The van der Waals surface area contributed by atoms with E-state index >= 15 is 0 Å². The van der Waals surface area contributed by atoms with Crippen molar-refractivity contribution in [1.29, 1.82) is 0 Å². The van der Waals surface area contributed by atoms with Crippen molar-refractivity contribution in [3.05, 3.63) is 29.3 Å². The maximum atomic E-state index is 5.64. The van der Waals surface area contributed by atoms with Gasteiger partial charge in [0, 0.05) is 7.05 Å². The molecule has 0 atom stereocenters. The molecular formula is C11H10N4OS. The minimum atomic E-state index is 0.497. The molecule has 86 valence electrons. The van der Waals surface area contributed by atoms with E-state index in [1.807, 2.05) is 37.6 Å². The van der Waals surface area contributed by atoms with Gasteiger partial charge in [0.25, 0.3) is 11.8 Å². The molecule has 3 heterocycles. The van der Waals surface area contributed by atoms with Gasteiger partial charge in [0.2, 0.25) is 0 Å². The van der Waals surface area contributed by atoms with Crippen molar-refractivity contribution in [1.82, 2.24) is 20.0 Å². The summed E-state index contributed by atoms with van der Waals surface area (Å²) in [6, 6.07) is 5.83. The van der Waals surface area contributed by atoms with E-state index in [0.717, 1.165) is 16.3 Å². The first-order valence-corrected chi connectivity index (χ1v) is 6.00. The van der Waals surface area contributed by atoms with Crippen LogP contribution in [0.2, 0.25) is 0 Å². The molecule has 0 aromatic carbocycles. The van der Waals surface area contributed by atoms with Crippen LogP contribution in [0, 0.1) is 6.92 Å². The first-order valence-electron chi connectivity index (χ1n) is 5.12. The summed E-state index contributed by atoms with van der Waals surface area (Å²) in [6.07, 6.45) is 0. The zero-order valence-corrected chi connectivity index (χ0v) is 10.2. The molecule has 3 aromatic rings. The summed E-state index contributed by atoms with van der Waals surface area (Å²) in [5, 5.41) is 14.3. The van der Waals surface area contributed by atoms with E-state index < -0.39 is 0 Å². The van der Waals surface area contributed by atoms with E-state index in [1.54, 1.807) is 16.0 Å². The van der Waals surface area contributed by atoms with Crippen LogP contribution in [-0.2, 0) is 7.05 Å². The molecular weight excluding hydrogens is 236 g/mol. The first kappa shape index (κ1) is 10.2. The quantitative estimate of drug-likeness (QED) is 0.697. The summed E-state index contributed by atoms with van der Waals surface area (Å²) >= 11 is 1.58. The van der Waals surface area contributed by atoms with Crippen LogP contribution in [0.3, 0.4) is 0 Å². The number of aryl methyl sites for hydroxylation is 2. The minimum absolute atomic E-state index is 0.497. The van der Waals surface area contributed by atoms with E-state index in [2.05, 4.69) is 15.3 Å². The summed E-state index contributed by atoms with van der Waals surface area (Å²) in [5.74, 6) is 1.05. The summed E-state index contributed by atoms with van der Waals surface area (Å²) in [6.45, 7) is 1.93. The SMILES string of the molecule is Cc1cc(-c2nnc(-c3cccs3)o2)n(C)n1. The molecule has 3 aromatic heterocycles. The van der Waals surface area contributed by atoms with Crippen molar-refractivity contribution in [3.8, 4) is 22.4 Å². The lowest BCUT2D eigenvalue weighted by molar-refractivity contribution is 0.576. The predicted molar refractivity (Wildman–Crippen MR) is 64.6 cm³/mol. The standard InChI is InChI=1S/C11H10N4OS/c1-7-6-8(15(2)14-7)10-12-13-11(16-10)9-4-3-5-17-9/h3-6H,1-2H3. The first-order chi connectivity index (χ1) is 8.24. The Morgan fingerprint density at radius 3 is 2.76 bits per heavy atom. The summed E-state index contributed by atoms with van der Waals surface area (Å²) < 4.78 is 7.37. The monoisotopic (exact) mass is 246 g/mol. The van der Waals surface area contributed by atoms with Gasteiger partial charge in [-0.3, -0.25) is 4.68 Å². The molecule has 0 saturated carbocycles. The van der Waals surface area contributed by atoms with Crippen molar-refractivity contribution in [2.24, 2.45) is 7.05 Å². The van der Waals surface area contributed by atoms with E-state index in [1.165, 1.54) is 0 Å². The zero-order valence-electron chi connectivity index (χ0n) is 9.41. The smallest absolute Gasteiger partial charge is 0.266 e. The van der Waals surface area contributed by atoms with Crippen LogP contribution in [0.1, 0.15) is 5.69 Å². The van der Waals surface area contributed by atoms with Gasteiger partial charge in [0.05, 0.1) is 10.6 Å². The van der Waals surface area contributed by atoms with Crippen LogP contribution < -0.4 is 0 Å². The molecule has 0 fully saturated rings. The molecule has 17 heavy (non-hydrogen) atoms. The number of thiophene rings is 1. The van der Waals surface area contributed by atoms with Crippen molar-refractivity contribution in [3.63, 3.8) is 0 Å². The maximum absolute atomic E-state index is 5.64. The fourth-order valence-corrected chi connectivity index (χ4v) is 2.28. The Morgan fingerprint density at radius 2 is 2.12 bits per heavy atom. The predicted octanol–water partition coefficient (Wildman–Crippen LogP) is 2.51. The lowest BCUT2D eigenvalue weighted by atomic mass is 10.4. The van der Waals surface area contributed by atoms with E-state index in [-0.39, 0.29) is 0 Å². The zero-order chi connectivity index (χ0) is 11.8.